The minimum atomic E-state index is -0.551. The lowest BCUT2D eigenvalue weighted by atomic mass is 10.2. The number of ether oxygens (including phenoxy) is 1. The van der Waals surface area contributed by atoms with Crippen molar-refractivity contribution in [3.05, 3.63) is 47.8 Å². The molecule has 0 bridgehead atoms. The van der Waals surface area contributed by atoms with Crippen LogP contribution in [0.5, 0.6) is 5.75 Å². The van der Waals surface area contributed by atoms with Gasteiger partial charge in [0.1, 0.15) is 18.5 Å². The van der Waals surface area contributed by atoms with Crippen molar-refractivity contribution in [3.63, 3.8) is 0 Å². The molecule has 0 radical (unpaired) electrons. The molecule has 1 heterocycles. The van der Waals surface area contributed by atoms with Crippen LogP contribution in [0.3, 0.4) is 0 Å². The molecule has 21 heavy (non-hydrogen) atoms. The maximum atomic E-state index is 9.97. The molecule has 1 aromatic heterocycles. The molecule has 0 aliphatic rings. The van der Waals surface area contributed by atoms with E-state index in [2.05, 4.69) is 10.4 Å². The van der Waals surface area contributed by atoms with Gasteiger partial charge < -0.3 is 15.2 Å². The zero-order chi connectivity index (χ0) is 15.2. The van der Waals surface area contributed by atoms with Gasteiger partial charge in [-0.25, -0.2) is 0 Å². The SMILES string of the molecule is Cc1cccc(OCC(O)CNC(C)c2cnn(C)c2)c1. The van der Waals surface area contributed by atoms with Crippen molar-refractivity contribution in [1.29, 1.82) is 0 Å². The predicted octanol–water partition coefficient (Wildman–Crippen LogP) is 1.82. The molecular weight excluding hydrogens is 266 g/mol. The van der Waals surface area contributed by atoms with Gasteiger partial charge in [-0.1, -0.05) is 12.1 Å². The Kier molecular flexibility index (Phi) is 5.36. The van der Waals surface area contributed by atoms with Gasteiger partial charge in [-0.15, -0.1) is 0 Å². The van der Waals surface area contributed by atoms with Crippen molar-refractivity contribution >= 4 is 0 Å². The minimum absolute atomic E-state index is 0.146. The summed E-state index contributed by atoms with van der Waals surface area (Å²) in [7, 11) is 1.89. The summed E-state index contributed by atoms with van der Waals surface area (Å²) in [6, 6.07) is 7.96. The van der Waals surface area contributed by atoms with Crippen LogP contribution >= 0.6 is 0 Å². The summed E-state index contributed by atoms with van der Waals surface area (Å²) in [4.78, 5) is 0. The fourth-order valence-corrected chi connectivity index (χ4v) is 2.05. The van der Waals surface area contributed by atoms with Gasteiger partial charge in [0.2, 0.25) is 0 Å². The lowest BCUT2D eigenvalue weighted by Crippen LogP contribution is -2.32. The van der Waals surface area contributed by atoms with E-state index in [4.69, 9.17) is 4.74 Å². The highest BCUT2D eigenvalue weighted by Crippen LogP contribution is 2.13. The minimum Gasteiger partial charge on any atom is -0.491 e. The van der Waals surface area contributed by atoms with E-state index in [1.54, 1.807) is 4.68 Å². The summed E-state index contributed by atoms with van der Waals surface area (Å²) in [5.74, 6) is 0.786. The van der Waals surface area contributed by atoms with Crippen LogP contribution < -0.4 is 10.1 Å². The molecule has 2 atom stereocenters. The van der Waals surface area contributed by atoms with Crippen molar-refractivity contribution in [1.82, 2.24) is 15.1 Å². The first-order chi connectivity index (χ1) is 10.0. The third-order valence-corrected chi connectivity index (χ3v) is 3.32. The first-order valence-electron chi connectivity index (χ1n) is 7.14. The van der Waals surface area contributed by atoms with Gasteiger partial charge in [-0.05, 0) is 31.5 Å². The predicted molar refractivity (Wildman–Crippen MR) is 82.3 cm³/mol. The van der Waals surface area contributed by atoms with Crippen LogP contribution in [0.4, 0.5) is 0 Å². The molecule has 0 aliphatic heterocycles. The first-order valence-corrected chi connectivity index (χ1v) is 7.14. The van der Waals surface area contributed by atoms with E-state index in [9.17, 15) is 5.11 Å². The molecule has 0 saturated heterocycles. The first kappa shape index (κ1) is 15.5. The summed E-state index contributed by atoms with van der Waals surface area (Å²) in [5, 5.41) is 17.4. The van der Waals surface area contributed by atoms with Gasteiger partial charge in [0.05, 0.1) is 6.20 Å². The summed E-state index contributed by atoms with van der Waals surface area (Å²) in [6.07, 6.45) is 3.24. The smallest absolute Gasteiger partial charge is 0.119 e. The third-order valence-electron chi connectivity index (χ3n) is 3.32. The Morgan fingerprint density at radius 2 is 2.24 bits per heavy atom. The highest BCUT2D eigenvalue weighted by Gasteiger charge is 2.10. The number of hydrogen-bond donors (Lipinski definition) is 2. The second kappa shape index (κ2) is 7.24. The van der Waals surface area contributed by atoms with Crippen molar-refractivity contribution < 1.29 is 9.84 Å². The fraction of sp³-hybridized carbons (Fsp3) is 0.438. The number of nitrogens with one attached hydrogen (secondary N) is 1. The van der Waals surface area contributed by atoms with E-state index in [1.165, 1.54) is 0 Å². The Hall–Kier alpha value is -1.85. The zero-order valence-electron chi connectivity index (χ0n) is 12.8. The Morgan fingerprint density at radius 3 is 2.90 bits per heavy atom. The maximum Gasteiger partial charge on any atom is 0.119 e. The molecule has 5 nitrogen and oxygen atoms in total. The van der Waals surface area contributed by atoms with Crippen LogP contribution in [-0.2, 0) is 7.05 Å². The third kappa shape index (κ3) is 4.88. The van der Waals surface area contributed by atoms with Crippen LogP contribution in [0, 0.1) is 6.92 Å². The highest BCUT2D eigenvalue weighted by atomic mass is 16.5. The molecule has 0 aliphatic carbocycles. The molecule has 1 aromatic carbocycles. The lowest BCUT2D eigenvalue weighted by Gasteiger charge is -2.17. The number of aryl methyl sites for hydroxylation is 2. The van der Waals surface area contributed by atoms with Gasteiger partial charge in [0.15, 0.2) is 0 Å². The lowest BCUT2D eigenvalue weighted by molar-refractivity contribution is 0.104. The number of benzene rings is 1. The van der Waals surface area contributed by atoms with Crippen molar-refractivity contribution in [2.24, 2.45) is 7.05 Å². The number of hydrogen-bond acceptors (Lipinski definition) is 4. The Morgan fingerprint density at radius 1 is 1.43 bits per heavy atom. The highest BCUT2D eigenvalue weighted by molar-refractivity contribution is 5.27. The number of aliphatic hydroxyl groups is 1. The molecule has 2 rings (SSSR count). The molecule has 0 saturated carbocycles. The van der Waals surface area contributed by atoms with E-state index in [1.807, 2.05) is 57.6 Å². The second-order valence-corrected chi connectivity index (χ2v) is 5.36. The molecule has 0 spiro atoms. The standard InChI is InChI=1S/C16H23N3O2/c1-12-5-4-6-16(7-12)21-11-15(20)9-17-13(2)14-8-18-19(3)10-14/h4-8,10,13,15,17,20H,9,11H2,1-3H3. The van der Waals surface area contributed by atoms with Crippen LogP contribution in [0.15, 0.2) is 36.7 Å². The summed E-state index contributed by atoms with van der Waals surface area (Å²) in [5.41, 5.74) is 2.25. The summed E-state index contributed by atoms with van der Waals surface area (Å²) in [6.45, 7) is 4.81. The largest absolute Gasteiger partial charge is 0.491 e. The second-order valence-electron chi connectivity index (χ2n) is 5.36. The number of nitrogens with zero attached hydrogens (tertiary/aromatic N) is 2. The van der Waals surface area contributed by atoms with Crippen molar-refractivity contribution in [2.45, 2.75) is 26.0 Å². The molecule has 0 fully saturated rings. The Balaban J connectivity index is 1.73. The van der Waals surface area contributed by atoms with Crippen molar-refractivity contribution in [2.75, 3.05) is 13.2 Å². The van der Waals surface area contributed by atoms with Gasteiger partial charge in [0, 0.05) is 31.4 Å². The average Bonchev–Trinajstić information content (AvgIpc) is 2.89. The van der Waals surface area contributed by atoms with Gasteiger partial charge >= 0.3 is 0 Å². The van der Waals surface area contributed by atoms with Gasteiger partial charge in [-0.3, -0.25) is 4.68 Å². The average molecular weight is 289 g/mol. The van der Waals surface area contributed by atoms with E-state index < -0.39 is 6.10 Å². The van der Waals surface area contributed by atoms with Crippen molar-refractivity contribution in [3.8, 4) is 5.75 Å². The quantitative estimate of drug-likeness (QED) is 0.816. The molecule has 5 heteroatoms. The Bertz CT molecular complexity index is 568. The van der Waals surface area contributed by atoms with Crippen LogP contribution in [0.25, 0.3) is 0 Å². The summed E-state index contributed by atoms with van der Waals surface area (Å²) >= 11 is 0. The monoisotopic (exact) mass is 289 g/mol. The fourth-order valence-electron chi connectivity index (χ4n) is 2.05. The van der Waals surface area contributed by atoms with Crippen LogP contribution in [0.1, 0.15) is 24.1 Å². The molecular formula is C16H23N3O2. The van der Waals surface area contributed by atoms with E-state index >= 15 is 0 Å². The summed E-state index contributed by atoms with van der Waals surface area (Å²) < 4.78 is 7.35. The molecule has 114 valence electrons. The van der Waals surface area contributed by atoms with E-state index in [0.717, 1.165) is 16.9 Å². The normalized spacial score (nSPS) is 13.9. The maximum absolute atomic E-state index is 9.97. The van der Waals surface area contributed by atoms with Crippen LogP contribution in [-0.4, -0.2) is 34.1 Å². The number of rotatable bonds is 7. The zero-order valence-corrected chi connectivity index (χ0v) is 12.8. The molecule has 2 unspecified atom stereocenters. The van der Waals surface area contributed by atoms with E-state index in [-0.39, 0.29) is 12.6 Å². The van der Waals surface area contributed by atoms with Crippen LogP contribution in [0.2, 0.25) is 0 Å². The Labute approximate surface area is 125 Å². The van der Waals surface area contributed by atoms with E-state index in [0.29, 0.717) is 6.54 Å². The number of aliphatic hydroxyl groups excluding tert-OH is 1. The number of aromatic nitrogens is 2. The topological polar surface area (TPSA) is 59.3 Å². The molecule has 2 N–H and O–H groups in total. The van der Waals surface area contributed by atoms with Gasteiger partial charge in [-0.2, -0.15) is 5.10 Å². The van der Waals surface area contributed by atoms with Gasteiger partial charge in [0.25, 0.3) is 0 Å². The molecule has 2 aromatic rings. The molecule has 0 amide bonds.